The van der Waals surface area contributed by atoms with Crippen LogP contribution >= 0.6 is 11.3 Å². The van der Waals surface area contributed by atoms with Crippen LogP contribution in [0, 0.1) is 13.8 Å². The Morgan fingerprint density at radius 2 is 2.33 bits per heavy atom. The topological polar surface area (TPSA) is 60.1 Å². The molecule has 1 amide bonds. The molecule has 3 rings (SSSR count). The zero-order valence-corrected chi connectivity index (χ0v) is 14.4. The lowest BCUT2D eigenvalue weighted by molar-refractivity contribution is -0.116. The molecule has 0 fully saturated rings. The van der Waals surface area contributed by atoms with Crippen LogP contribution in [0.2, 0.25) is 0 Å². The summed E-state index contributed by atoms with van der Waals surface area (Å²) in [6.07, 6.45) is 4.70. The molecular formula is C18H19N3O2S. The van der Waals surface area contributed by atoms with Crippen LogP contribution in [0.5, 0.6) is 0 Å². The summed E-state index contributed by atoms with van der Waals surface area (Å²) in [6, 6.07) is 7.67. The molecule has 0 aliphatic rings. The monoisotopic (exact) mass is 341 g/mol. The van der Waals surface area contributed by atoms with Crippen molar-refractivity contribution in [2.24, 2.45) is 0 Å². The van der Waals surface area contributed by atoms with E-state index in [1.165, 1.54) is 6.08 Å². The van der Waals surface area contributed by atoms with Crippen molar-refractivity contribution in [2.75, 3.05) is 6.54 Å². The maximum atomic E-state index is 12.1. The average Bonchev–Trinajstić information content (AvgIpc) is 3.29. The molecule has 3 heterocycles. The minimum Gasteiger partial charge on any atom is -0.465 e. The smallest absolute Gasteiger partial charge is 0.244 e. The first-order chi connectivity index (χ1) is 11.6. The van der Waals surface area contributed by atoms with Crippen LogP contribution in [0.25, 0.3) is 6.08 Å². The molecule has 1 N–H and O–H groups in total. The fraction of sp³-hybridized carbons (Fsp3) is 0.222. The molecule has 3 aromatic heterocycles. The van der Waals surface area contributed by atoms with Gasteiger partial charge in [-0.25, -0.2) is 0 Å². The summed E-state index contributed by atoms with van der Waals surface area (Å²) in [7, 11) is 0. The Bertz CT molecular complexity index is 817. The van der Waals surface area contributed by atoms with E-state index in [0.29, 0.717) is 12.3 Å². The molecule has 0 aromatic carbocycles. The molecule has 0 saturated carbocycles. The Morgan fingerprint density at radius 1 is 1.46 bits per heavy atom. The summed E-state index contributed by atoms with van der Waals surface area (Å²) in [4.78, 5) is 12.1. The van der Waals surface area contributed by atoms with E-state index in [1.807, 2.05) is 30.0 Å². The van der Waals surface area contributed by atoms with Crippen LogP contribution in [0.4, 0.5) is 0 Å². The standard InChI is InChI=1S/C18H19N3O2S/c1-13-10-14(2)21(20-13)17(15-7-9-24-12-15)11-19-18(22)6-5-16-4-3-8-23-16/h3-10,12,17H,11H2,1-2H3,(H,19,22)/b6-5+/t17-/m1/s1. The third-order valence-corrected chi connectivity index (χ3v) is 4.38. The number of nitrogens with zero attached hydrogens (tertiary/aromatic N) is 2. The molecule has 0 saturated heterocycles. The SMILES string of the molecule is Cc1cc(C)n([C@H](CNC(=O)/C=C/c2ccco2)c2ccsc2)n1. The first kappa shape index (κ1) is 16.3. The van der Waals surface area contributed by atoms with E-state index in [0.717, 1.165) is 17.0 Å². The second-order valence-electron chi connectivity index (χ2n) is 5.54. The van der Waals surface area contributed by atoms with Crippen molar-refractivity contribution < 1.29 is 9.21 Å². The highest BCUT2D eigenvalue weighted by molar-refractivity contribution is 7.07. The van der Waals surface area contributed by atoms with Gasteiger partial charge in [-0.05, 0) is 60.5 Å². The van der Waals surface area contributed by atoms with Crippen LogP contribution in [0.15, 0.2) is 51.8 Å². The van der Waals surface area contributed by atoms with Crippen LogP contribution < -0.4 is 5.32 Å². The summed E-state index contributed by atoms with van der Waals surface area (Å²) in [5.74, 6) is 0.492. The number of carbonyl (C=O) groups excluding carboxylic acids is 1. The van der Waals surface area contributed by atoms with Crippen molar-refractivity contribution in [1.29, 1.82) is 0 Å². The molecule has 3 aromatic rings. The molecule has 0 spiro atoms. The van der Waals surface area contributed by atoms with Crippen LogP contribution in [0.3, 0.4) is 0 Å². The Hall–Kier alpha value is -2.60. The number of hydrogen-bond donors (Lipinski definition) is 1. The van der Waals surface area contributed by atoms with Gasteiger partial charge in [0, 0.05) is 18.3 Å². The third kappa shape index (κ3) is 3.83. The number of amides is 1. The summed E-state index contributed by atoms with van der Waals surface area (Å²) in [5, 5.41) is 11.6. The van der Waals surface area contributed by atoms with E-state index in [9.17, 15) is 4.79 Å². The number of carbonyl (C=O) groups is 1. The van der Waals surface area contributed by atoms with Crippen molar-refractivity contribution in [3.63, 3.8) is 0 Å². The minimum atomic E-state index is -0.159. The predicted octanol–water partition coefficient (Wildman–Crippen LogP) is 3.57. The molecule has 0 aliphatic carbocycles. The Morgan fingerprint density at radius 3 is 2.96 bits per heavy atom. The van der Waals surface area contributed by atoms with Crippen LogP contribution in [0.1, 0.15) is 28.8 Å². The number of aromatic nitrogens is 2. The molecule has 0 unspecified atom stereocenters. The quantitative estimate of drug-likeness (QED) is 0.697. The van der Waals surface area contributed by atoms with E-state index in [-0.39, 0.29) is 11.9 Å². The lowest BCUT2D eigenvalue weighted by atomic mass is 10.1. The van der Waals surface area contributed by atoms with Crippen LogP contribution in [-0.2, 0) is 4.79 Å². The van der Waals surface area contributed by atoms with Crippen molar-refractivity contribution >= 4 is 23.3 Å². The average molecular weight is 341 g/mol. The highest BCUT2D eigenvalue weighted by Gasteiger charge is 2.18. The van der Waals surface area contributed by atoms with Gasteiger partial charge in [0.2, 0.25) is 5.91 Å². The Labute approximate surface area is 144 Å². The first-order valence-electron chi connectivity index (χ1n) is 7.68. The minimum absolute atomic E-state index is 0.0223. The van der Waals surface area contributed by atoms with Gasteiger partial charge in [-0.15, -0.1) is 0 Å². The largest absolute Gasteiger partial charge is 0.465 e. The molecular weight excluding hydrogens is 322 g/mol. The normalized spacial score (nSPS) is 12.6. The Balaban J connectivity index is 1.71. The van der Waals surface area contributed by atoms with Crippen LogP contribution in [-0.4, -0.2) is 22.2 Å². The van der Waals surface area contributed by atoms with Gasteiger partial charge in [0.1, 0.15) is 5.76 Å². The maximum absolute atomic E-state index is 12.1. The van der Waals surface area contributed by atoms with Gasteiger partial charge in [-0.3, -0.25) is 9.48 Å². The van der Waals surface area contributed by atoms with Gasteiger partial charge in [-0.2, -0.15) is 16.4 Å². The van der Waals surface area contributed by atoms with E-state index in [4.69, 9.17) is 4.42 Å². The second kappa shape index (κ2) is 7.31. The number of rotatable bonds is 6. The predicted molar refractivity (Wildman–Crippen MR) is 94.9 cm³/mol. The van der Waals surface area contributed by atoms with E-state index < -0.39 is 0 Å². The summed E-state index contributed by atoms with van der Waals surface area (Å²) >= 11 is 1.64. The molecule has 6 heteroatoms. The second-order valence-corrected chi connectivity index (χ2v) is 6.32. The van der Waals surface area contributed by atoms with Crippen molar-refractivity contribution in [3.05, 3.63) is 70.1 Å². The number of thiophene rings is 1. The van der Waals surface area contributed by atoms with Gasteiger partial charge < -0.3 is 9.73 Å². The fourth-order valence-corrected chi connectivity index (χ4v) is 3.28. The maximum Gasteiger partial charge on any atom is 0.244 e. The van der Waals surface area contributed by atoms with Gasteiger partial charge in [0.05, 0.1) is 18.0 Å². The molecule has 0 aliphatic heterocycles. The zero-order valence-electron chi connectivity index (χ0n) is 13.6. The molecule has 0 radical (unpaired) electrons. The summed E-state index contributed by atoms with van der Waals surface area (Å²) in [5.41, 5.74) is 3.18. The molecule has 24 heavy (non-hydrogen) atoms. The lowest BCUT2D eigenvalue weighted by Gasteiger charge is -2.18. The number of aryl methyl sites for hydroxylation is 2. The van der Waals surface area contributed by atoms with Crippen molar-refractivity contribution in [2.45, 2.75) is 19.9 Å². The van der Waals surface area contributed by atoms with Gasteiger partial charge >= 0.3 is 0 Å². The summed E-state index contributed by atoms with van der Waals surface area (Å²) in [6.45, 7) is 4.47. The third-order valence-electron chi connectivity index (χ3n) is 3.68. The fourth-order valence-electron chi connectivity index (χ4n) is 2.57. The van der Waals surface area contributed by atoms with E-state index >= 15 is 0 Å². The van der Waals surface area contributed by atoms with Gasteiger partial charge in [-0.1, -0.05) is 0 Å². The first-order valence-corrected chi connectivity index (χ1v) is 8.62. The Kier molecular flexibility index (Phi) is 4.96. The molecule has 0 bridgehead atoms. The van der Waals surface area contributed by atoms with Gasteiger partial charge in [0.15, 0.2) is 0 Å². The highest BCUT2D eigenvalue weighted by atomic mass is 32.1. The van der Waals surface area contributed by atoms with Gasteiger partial charge in [0.25, 0.3) is 0 Å². The highest BCUT2D eigenvalue weighted by Crippen LogP contribution is 2.22. The van der Waals surface area contributed by atoms with Crippen molar-refractivity contribution in [1.82, 2.24) is 15.1 Å². The molecule has 1 atom stereocenters. The van der Waals surface area contributed by atoms with Crippen molar-refractivity contribution in [3.8, 4) is 0 Å². The number of nitrogens with one attached hydrogen (secondary N) is 1. The molecule has 5 nitrogen and oxygen atoms in total. The lowest BCUT2D eigenvalue weighted by Crippen LogP contribution is -2.30. The summed E-state index contributed by atoms with van der Waals surface area (Å²) < 4.78 is 7.14. The van der Waals surface area contributed by atoms with E-state index in [1.54, 1.807) is 35.8 Å². The van der Waals surface area contributed by atoms with E-state index in [2.05, 4.69) is 21.9 Å². The zero-order chi connectivity index (χ0) is 16.9. The number of furan rings is 1. The number of hydrogen-bond acceptors (Lipinski definition) is 4. The molecule has 124 valence electrons.